The van der Waals surface area contributed by atoms with Gasteiger partial charge in [0.1, 0.15) is 0 Å². The van der Waals surface area contributed by atoms with Gasteiger partial charge in [-0.3, -0.25) is 9.36 Å². The second-order valence-corrected chi connectivity index (χ2v) is 6.05. The highest BCUT2D eigenvalue weighted by Crippen LogP contribution is 2.09. The van der Waals surface area contributed by atoms with Crippen LogP contribution < -0.4 is 11.2 Å². The van der Waals surface area contributed by atoms with Gasteiger partial charge in [-0.2, -0.15) is 0 Å². The standard InChI is InChI=1S/C17H20N4O2/c1-4-13-6-5-7-14(10-13)19-8-9-20-15(16(19)22)18-21(17(20)23)11-12(2)3/h5-10,12H,4,11H2,1-3H3. The van der Waals surface area contributed by atoms with Crippen LogP contribution in [-0.2, 0) is 13.0 Å². The number of aryl methyl sites for hydroxylation is 1. The Bertz CT molecular complexity index is 963. The van der Waals surface area contributed by atoms with E-state index in [-0.39, 0.29) is 22.8 Å². The zero-order valence-corrected chi connectivity index (χ0v) is 13.6. The molecule has 0 amide bonds. The van der Waals surface area contributed by atoms with Gasteiger partial charge in [0.2, 0.25) is 5.65 Å². The van der Waals surface area contributed by atoms with Crippen molar-refractivity contribution in [2.75, 3.05) is 0 Å². The first kappa shape index (κ1) is 15.3. The van der Waals surface area contributed by atoms with Crippen molar-refractivity contribution in [1.29, 1.82) is 0 Å². The predicted octanol–water partition coefficient (Wildman–Crippen LogP) is 1.87. The van der Waals surface area contributed by atoms with Crippen LogP contribution in [0.3, 0.4) is 0 Å². The van der Waals surface area contributed by atoms with Gasteiger partial charge in [-0.05, 0) is 30.0 Å². The van der Waals surface area contributed by atoms with Crippen LogP contribution in [0.4, 0.5) is 0 Å². The number of hydrogen-bond acceptors (Lipinski definition) is 3. The molecule has 0 radical (unpaired) electrons. The molecular weight excluding hydrogens is 292 g/mol. The van der Waals surface area contributed by atoms with Crippen molar-refractivity contribution in [3.05, 3.63) is 63.1 Å². The van der Waals surface area contributed by atoms with Crippen LogP contribution in [0.1, 0.15) is 26.3 Å². The molecule has 1 aromatic carbocycles. The van der Waals surface area contributed by atoms with E-state index in [4.69, 9.17) is 0 Å². The molecule has 2 heterocycles. The van der Waals surface area contributed by atoms with Gasteiger partial charge in [0.05, 0.1) is 0 Å². The first-order valence-corrected chi connectivity index (χ1v) is 7.81. The molecule has 2 aromatic heterocycles. The normalized spacial score (nSPS) is 11.5. The molecule has 0 saturated heterocycles. The van der Waals surface area contributed by atoms with Crippen molar-refractivity contribution in [2.24, 2.45) is 5.92 Å². The highest BCUT2D eigenvalue weighted by atomic mass is 16.2. The lowest BCUT2D eigenvalue weighted by molar-refractivity contribution is 0.471. The summed E-state index contributed by atoms with van der Waals surface area (Å²) in [6, 6.07) is 7.80. The lowest BCUT2D eigenvalue weighted by Gasteiger charge is -2.06. The molecule has 6 nitrogen and oxygen atoms in total. The minimum atomic E-state index is -0.291. The maximum atomic E-state index is 12.7. The highest BCUT2D eigenvalue weighted by molar-refractivity contribution is 5.41. The average Bonchev–Trinajstić information content (AvgIpc) is 2.85. The summed E-state index contributed by atoms with van der Waals surface area (Å²) in [4.78, 5) is 25.0. The van der Waals surface area contributed by atoms with Gasteiger partial charge in [-0.25, -0.2) is 13.9 Å². The summed E-state index contributed by atoms with van der Waals surface area (Å²) in [6.07, 6.45) is 4.11. The van der Waals surface area contributed by atoms with Gasteiger partial charge in [0.15, 0.2) is 0 Å². The Balaban J connectivity index is 2.19. The van der Waals surface area contributed by atoms with Crippen molar-refractivity contribution in [3.63, 3.8) is 0 Å². The Kier molecular flexibility index (Phi) is 3.90. The number of aromatic nitrogens is 4. The first-order valence-electron chi connectivity index (χ1n) is 7.81. The van der Waals surface area contributed by atoms with Crippen LogP contribution in [0, 0.1) is 5.92 Å². The Morgan fingerprint density at radius 1 is 1.17 bits per heavy atom. The second kappa shape index (κ2) is 5.87. The number of nitrogens with zero attached hydrogens (tertiary/aromatic N) is 4. The molecule has 0 atom stereocenters. The molecule has 0 aliphatic rings. The van der Waals surface area contributed by atoms with Crippen molar-refractivity contribution in [3.8, 4) is 5.69 Å². The maximum absolute atomic E-state index is 12.7. The van der Waals surface area contributed by atoms with Crippen LogP contribution in [0.25, 0.3) is 11.3 Å². The fourth-order valence-electron chi connectivity index (χ4n) is 2.60. The van der Waals surface area contributed by atoms with E-state index >= 15 is 0 Å². The zero-order chi connectivity index (χ0) is 16.6. The van der Waals surface area contributed by atoms with Gasteiger partial charge >= 0.3 is 11.2 Å². The maximum Gasteiger partial charge on any atom is 0.350 e. The molecule has 0 unspecified atom stereocenters. The number of hydrogen-bond donors (Lipinski definition) is 0. The Hall–Kier alpha value is -2.63. The van der Waals surface area contributed by atoms with Gasteiger partial charge in [0, 0.05) is 24.6 Å². The van der Waals surface area contributed by atoms with Crippen LogP contribution >= 0.6 is 0 Å². The predicted molar refractivity (Wildman–Crippen MR) is 89.3 cm³/mol. The van der Waals surface area contributed by atoms with Crippen LogP contribution in [0.15, 0.2) is 46.2 Å². The topological polar surface area (TPSA) is 61.3 Å². The summed E-state index contributed by atoms with van der Waals surface area (Å²) in [5.74, 6) is 0.279. The summed E-state index contributed by atoms with van der Waals surface area (Å²) < 4.78 is 4.19. The van der Waals surface area contributed by atoms with E-state index in [0.717, 1.165) is 17.7 Å². The first-order chi connectivity index (χ1) is 11.0. The summed E-state index contributed by atoms with van der Waals surface area (Å²) >= 11 is 0. The molecule has 23 heavy (non-hydrogen) atoms. The van der Waals surface area contributed by atoms with Crippen molar-refractivity contribution in [1.82, 2.24) is 18.7 Å². The summed E-state index contributed by atoms with van der Waals surface area (Å²) in [5, 5.41) is 4.21. The Morgan fingerprint density at radius 3 is 2.65 bits per heavy atom. The van der Waals surface area contributed by atoms with E-state index in [1.54, 1.807) is 12.4 Å². The number of benzene rings is 1. The highest BCUT2D eigenvalue weighted by Gasteiger charge is 2.13. The lowest BCUT2D eigenvalue weighted by atomic mass is 10.1. The third-order valence-corrected chi connectivity index (χ3v) is 3.78. The van der Waals surface area contributed by atoms with Crippen LogP contribution in [-0.4, -0.2) is 18.7 Å². The van der Waals surface area contributed by atoms with E-state index in [0.29, 0.717) is 6.54 Å². The minimum absolute atomic E-state index is 0.153. The van der Waals surface area contributed by atoms with Gasteiger partial charge in [-0.15, -0.1) is 5.10 Å². The average molecular weight is 312 g/mol. The fourth-order valence-corrected chi connectivity index (χ4v) is 2.60. The van der Waals surface area contributed by atoms with Crippen molar-refractivity contribution in [2.45, 2.75) is 33.7 Å². The molecular formula is C17H20N4O2. The summed E-state index contributed by atoms with van der Waals surface area (Å²) in [5.41, 5.74) is 1.51. The van der Waals surface area contributed by atoms with Gasteiger partial charge in [0.25, 0.3) is 0 Å². The van der Waals surface area contributed by atoms with Crippen molar-refractivity contribution >= 4 is 5.65 Å². The molecule has 0 aliphatic carbocycles. The van der Waals surface area contributed by atoms with E-state index in [1.807, 2.05) is 38.1 Å². The third kappa shape index (κ3) is 2.72. The SMILES string of the molecule is CCc1cccc(-n2ccn3c(=O)n(CC(C)C)nc3c2=O)c1. The zero-order valence-electron chi connectivity index (χ0n) is 13.6. The smallest absolute Gasteiger partial charge is 0.280 e. The second-order valence-electron chi connectivity index (χ2n) is 6.05. The fraction of sp³-hybridized carbons (Fsp3) is 0.353. The Morgan fingerprint density at radius 2 is 1.96 bits per heavy atom. The molecule has 120 valence electrons. The summed E-state index contributed by atoms with van der Waals surface area (Å²) in [6.45, 7) is 6.57. The lowest BCUT2D eigenvalue weighted by Crippen LogP contribution is -2.25. The molecule has 0 fully saturated rings. The third-order valence-electron chi connectivity index (χ3n) is 3.78. The minimum Gasteiger partial charge on any atom is -0.280 e. The quantitative estimate of drug-likeness (QED) is 0.739. The summed E-state index contributed by atoms with van der Waals surface area (Å²) in [7, 11) is 0. The molecule has 0 spiro atoms. The molecule has 6 heteroatoms. The molecule has 0 saturated carbocycles. The largest absolute Gasteiger partial charge is 0.350 e. The molecule has 0 N–H and O–H groups in total. The van der Waals surface area contributed by atoms with E-state index < -0.39 is 0 Å². The molecule has 3 aromatic rings. The monoisotopic (exact) mass is 312 g/mol. The number of rotatable bonds is 4. The van der Waals surface area contributed by atoms with Gasteiger partial charge in [-0.1, -0.05) is 32.9 Å². The van der Waals surface area contributed by atoms with Crippen LogP contribution in [0.2, 0.25) is 0 Å². The van der Waals surface area contributed by atoms with E-state index in [1.165, 1.54) is 13.6 Å². The molecule has 3 rings (SSSR count). The number of fused-ring (bicyclic) bond motifs is 1. The van der Waals surface area contributed by atoms with Gasteiger partial charge < -0.3 is 0 Å². The van der Waals surface area contributed by atoms with Crippen LogP contribution in [0.5, 0.6) is 0 Å². The van der Waals surface area contributed by atoms with E-state index in [2.05, 4.69) is 12.0 Å². The molecule has 0 bridgehead atoms. The molecule has 0 aliphatic heterocycles. The van der Waals surface area contributed by atoms with E-state index in [9.17, 15) is 9.59 Å². The van der Waals surface area contributed by atoms with Crippen molar-refractivity contribution < 1.29 is 0 Å². The Labute approximate surface area is 133 Å².